The van der Waals surface area contributed by atoms with Crippen molar-refractivity contribution in [3.63, 3.8) is 0 Å². The molecule has 92 valence electrons. The van der Waals surface area contributed by atoms with E-state index in [4.69, 9.17) is 34.8 Å². The van der Waals surface area contributed by atoms with Gasteiger partial charge in [0, 0.05) is 10.7 Å². The van der Waals surface area contributed by atoms with Crippen LogP contribution in [0.1, 0.15) is 18.9 Å². The van der Waals surface area contributed by atoms with E-state index in [1.807, 2.05) is 6.92 Å². The number of alkyl halides is 2. The molecule has 1 N–H and O–H groups in total. The van der Waals surface area contributed by atoms with Gasteiger partial charge < -0.3 is 5.32 Å². The Morgan fingerprint density at radius 2 is 2.00 bits per heavy atom. The maximum absolute atomic E-state index is 12.1. The fourth-order valence-corrected chi connectivity index (χ4v) is 2.53. The third-order valence-electron chi connectivity index (χ3n) is 3.27. The lowest BCUT2D eigenvalue weighted by Crippen LogP contribution is -2.26. The van der Waals surface area contributed by atoms with Crippen LogP contribution in [0.2, 0.25) is 5.02 Å². The van der Waals surface area contributed by atoms with Gasteiger partial charge >= 0.3 is 0 Å². The number of benzene rings is 1. The van der Waals surface area contributed by atoms with Crippen molar-refractivity contribution in [3.05, 3.63) is 28.8 Å². The minimum absolute atomic E-state index is 0.173. The van der Waals surface area contributed by atoms with Crippen LogP contribution in [0, 0.1) is 12.3 Å². The minimum atomic E-state index is -0.955. The molecule has 0 saturated heterocycles. The normalized spacial score (nSPS) is 25.5. The molecule has 1 aromatic rings. The van der Waals surface area contributed by atoms with Crippen LogP contribution in [0.25, 0.3) is 0 Å². The molecule has 1 fully saturated rings. The Kier molecular flexibility index (Phi) is 3.09. The van der Waals surface area contributed by atoms with Gasteiger partial charge in [-0.2, -0.15) is 0 Å². The standard InChI is InChI=1S/C12H12Cl3NO/c1-7-8(13)4-3-5-9(7)16-10(17)11(2)6-12(11,14)15/h3-5H,6H2,1-2H3,(H,16,17). The van der Waals surface area contributed by atoms with Gasteiger partial charge in [-0.15, -0.1) is 23.2 Å². The van der Waals surface area contributed by atoms with Gasteiger partial charge in [-0.25, -0.2) is 0 Å². The highest BCUT2D eigenvalue weighted by molar-refractivity contribution is 6.53. The number of amides is 1. The van der Waals surface area contributed by atoms with Crippen LogP contribution in [0.5, 0.6) is 0 Å². The molecule has 1 saturated carbocycles. The highest BCUT2D eigenvalue weighted by atomic mass is 35.5. The Labute approximate surface area is 115 Å². The van der Waals surface area contributed by atoms with Crippen LogP contribution < -0.4 is 5.32 Å². The largest absolute Gasteiger partial charge is 0.325 e. The first kappa shape index (κ1) is 13.0. The molecule has 2 nitrogen and oxygen atoms in total. The maximum Gasteiger partial charge on any atom is 0.233 e. The molecule has 0 radical (unpaired) electrons. The van der Waals surface area contributed by atoms with Crippen molar-refractivity contribution in [1.82, 2.24) is 0 Å². The van der Waals surface area contributed by atoms with Gasteiger partial charge in [0.15, 0.2) is 0 Å². The van der Waals surface area contributed by atoms with Gasteiger partial charge in [-0.1, -0.05) is 17.7 Å². The first-order chi connectivity index (χ1) is 7.78. The maximum atomic E-state index is 12.1. The van der Waals surface area contributed by atoms with Crippen LogP contribution in [0.3, 0.4) is 0 Å². The SMILES string of the molecule is Cc1c(Cl)cccc1NC(=O)C1(C)CC1(Cl)Cl. The molecule has 5 heteroatoms. The van der Waals surface area contributed by atoms with Crippen molar-refractivity contribution in [1.29, 1.82) is 0 Å². The van der Waals surface area contributed by atoms with Gasteiger partial charge in [-0.05, 0) is 38.0 Å². The topological polar surface area (TPSA) is 29.1 Å². The second-order valence-electron chi connectivity index (χ2n) is 4.58. The van der Waals surface area contributed by atoms with Crippen molar-refractivity contribution >= 4 is 46.4 Å². The summed E-state index contributed by atoms with van der Waals surface area (Å²) in [6, 6.07) is 5.36. The average Bonchev–Trinajstić information content (AvgIpc) is 2.75. The lowest BCUT2D eigenvalue weighted by atomic mass is 10.1. The average molecular weight is 293 g/mol. The minimum Gasteiger partial charge on any atom is -0.325 e. The first-order valence-electron chi connectivity index (χ1n) is 5.22. The van der Waals surface area contributed by atoms with Crippen molar-refractivity contribution in [2.45, 2.75) is 24.6 Å². The number of hydrogen-bond donors (Lipinski definition) is 1. The molecule has 0 heterocycles. The van der Waals surface area contributed by atoms with Crippen LogP contribution in [0.15, 0.2) is 18.2 Å². The monoisotopic (exact) mass is 291 g/mol. The molecule has 1 aromatic carbocycles. The lowest BCUT2D eigenvalue weighted by Gasteiger charge is -2.14. The molecule has 1 atom stereocenters. The first-order valence-corrected chi connectivity index (χ1v) is 6.36. The van der Waals surface area contributed by atoms with Crippen LogP contribution in [-0.2, 0) is 4.79 Å². The number of carbonyl (C=O) groups is 1. The van der Waals surface area contributed by atoms with E-state index < -0.39 is 9.75 Å². The summed E-state index contributed by atoms with van der Waals surface area (Å²) in [5, 5.41) is 3.43. The summed E-state index contributed by atoms with van der Waals surface area (Å²) in [5.74, 6) is -0.173. The number of nitrogens with one attached hydrogen (secondary N) is 1. The van der Waals surface area contributed by atoms with Crippen molar-refractivity contribution < 1.29 is 4.79 Å². The molecular weight excluding hydrogens is 280 g/mol. The van der Waals surface area contributed by atoms with Gasteiger partial charge in [-0.3, -0.25) is 4.79 Å². The Hall–Kier alpha value is -0.440. The zero-order chi connectivity index (χ0) is 12.8. The second-order valence-corrected chi connectivity index (χ2v) is 6.47. The smallest absolute Gasteiger partial charge is 0.233 e. The Balaban J connectivity index is 2.18. The van der Waals surface area contributed by atoms with E-state index in [2.05, 4.69) is 5.32 Å². The molecule has 0 aromatic heterocycles. The summed E-state index contributed by atoms with van der Waals surface area (Å²) >= 11 is 17.9. The number of hydrogen-bond acceptors (Lipinski definition) is 1. The van der Waals surface area contributed by atoms with E-state index in [0.717, 1.165) is 5.56 Å². The summed E-state index contributed by atoms with van der Waals surface area (Å²) in [6.45, 7) is 3.60. The van der Waals surface area contributed by atoms with E-state index in [1.165, 1.54) is 0 Å². The highest BCUT2D eigenvalue weighted by Crippen LogP contribution is 2.64. The van der Waals surface area contributed by atoms with E-state index in [1.54, 1.807) is 25.1 Å². The molecule has 0 bridgehead atoms. The molecule has 17 heavy (non-hydrogen) atoms. The highest BCUT2D eigenvalue weighted by Gasteiger charge is 2.67. The molecule has 0 aliphatic heterocycles. The Morgan fingerprint density at radius 1 is 1.41 bits per heavy atom. The predicted molar refractivity (Wildman–Crippen MR) is 72.0 cm³/mol. The summed E-state index contributed by atoms with van der Waals surface area (Å²) in [5.41, 5.74) is 0.812. The van der Waals surface area contributed by atoms with Gasteiger partial charge in [0.2, 0.25) is 5.91 Å². The number of carbonyl (C=O) groups excluding carboxylic acids is 1. The van der Waals surface area contributed by atoms with Crippen molar-refractivity contribution in [2.75, 3.05) is 5.32 Å². The van der Waals surface area contributed by atoms with Crippen molar-refractivity contribution in [2.24, 2.45) is 5.41 Å². The molecule has 1 unspecified atom stereocenters. The Bertz CT molecular complexity index is 487. The zero-order valence-electron chi connectivity index (χ0n) is 9.48. The van der Waals surface area contributed by atoms with E-state index in [-0.39, 0.29) is 5.91 Å². The molecule has 1 aliphatic rings. The van der Waals surface area contributed by atoms with Gasteiger partial charge in [0.25, 0.3) is 0 Å². The lowest BCUT2D eigenvalue weighted by molar-refractivity contribution is -0.120. The third-order valence-corrected chi connectivity index (χ3v) is 4.79. The summed E-state index contributed by atoms with van der Waals surface area (Å²) in [4.78, 5) is 12.1. The fraction of sp³-hybridized carbons (Fsp3) is 0.417. The zero-order valence-corrected chi connectivity index (χ0v) is 11.7. The van der Waals surface area contributed by atoms with Crippen molar-refractivity contribution in [3.8, 4) is 0 Å². The summed E-state index contributed by atoms with van der Waals surface area (Å²) in [6.07, 6.45) is 0.467. The van der Waals surface area contributed by atoms with E-state index in [0.29, 0.717) is 17.1 Å². The quantitative estimate of drug-likeness (QED) is 0.814. The number of halogens is 3. The second kappa shape index (κ2) is 4.04. The van der Waals surface area contributed by atoms with Gasteiger partial charge in [0.1, 0.15) is 4.33 Å². The molecule has 0 spiro atoms. The number of anilines is 1. The molecule has 2 rings (SSSR count). The molecular formula is C12H12Cl3NO. The van der Waals surface area contributed by atoms with Crippen LogP contribution in [-0.4, -0.2) is 10.2 Å². The van der Waals surface area contributed by atoms with Crippen LogP contribution in [0.4, 0.5) is 5.69 Å². The Morgan fingerprint density at radius 3 is 2.53 bits per heavy atom. The summed E-state index contributed by atoms with van der Waals surface area (Å²) in [7, 11) is 0. The molecule has 1 aliphatic carbocycles. The van der Waals surface area contributed by atoms with Crippen LogP contribution >= 0.6 is 34.8 Å². The number of rotatable bonds is 2. The third kappa shape index (κ3) is 2.14. The fourth-order valence-electron chi connectivity index (χ4n) is 1.65. The van der Waals surface area contributed by atoms with E-state index >= 15 is 0 Å². The predicted octanol–water partition coefficient (Wildman–Crippen LogP) is 4.17. The van der Waals surface area contributed by atoms with Gasteiger partial charge in [0.05, 0.1) is 5.41 Å². The van der Waals surface area contributed by atoms with E-state index in [9.17, 15) is 4.79 Å². The molecule has 1 amide bonds. The summed E-state index contributed by atoms with van der Waals surface area (Å²) < 4.78 is -0.955.